The van der Waals surface area contributed by atoms with Crippen molar-refractivity contribution in [2.75, 3.05) is 5.32 Å². The first-order valence-corrected chi connectivity index (χ1v) is 6.84. The summed E-state index contributed by atoms with van der Waals surface area (Å²) in [5.74, 6) is -0.509. The largest absolute Gasteiger partial charge is 0.323 e. The molecule has 0 saturated carbocycles. The number of carbonyl (C=O) groups excluding carboxylic acids is 1. The van der Waals surface area contributed by atoms with Crippen LogP contribution in [-0.2, 0) is 11.3 Å². The lowest BCUT2D eigenvalue weighted by atomic mass is 10.3. The standard InChI is InChI=1S/C17H14FN3O/c1-2-20-12-21(16-6-4-3-5-15(16)20)11-17(22)19-14-9-7-13(18)8-10-14/h2-10,12H,1,11H2/p+1. The molecule has 22 heavy (non-hydrogen) atoms. The molecule has 0 aliphatic carbocycles. The van der Waals surface area contributed by atoms with Crippen molar-refractivity contribution in [1.29, 1.82) is 0 Å². The third-order valence-corrected chi connectivity index (χ3v) is 3.37. The number of imidazole rings is 1. The van der Waals surface area contributed by atoms with Crippen LogP contribution in [0.2, 0.25) is 0 Å². The van der Waals surface area contributed by atoms with Gasteiger partial charge in [0.2, 0.25) is 6.33 Å². The molecule has 1 N–H and O–H groups in total. The average molecular weight is 296 g/mol. The summed E-state index contributed by atoms with van der Waals surface area (Å²) in [5.41, 5.74) is 2.49. The number of aromatic nitrogens is 2. The van der Waals surface area contributed by atoms with E-state index in [2.05, 4.69) is 11.9 Å². The predicted molar refractivity (Wildman–Crippen MR) is 83.5 cm³/mol. The monoisotopic (exact) mass is 296 g/mol. The van der Waals surface area contributed by atoms with Crippen molar-refractivity contribution in [3.8, 4) is 0 Å². The third-order valence-electron chi connectivity index (χ3n) is 3.37. The molecule has 1 heterocycles. The molecule has 1 amide bonds. The van der Waals surface area contributed by atoms with E-state index in [1.54, 1.807) is 6.20 Å². The first-order valence-electron chi connectivity index (χ1n) is 6.84. The van der Waals surface area contributed by atoms with Gasteiger partial charge >= 0.3 is 0 Å². The van der Waals surface area contributed by atoms with Crippen LogP contribution in [0, 0.1) is 5.82 Å². The second-order valence-electron chi connectivity index (χ2n) is 4.88. The van der Waals surface area contributed by atoms with Gasteiger partial charge in [-0.15, -0.1) is 0 Å². The summed E-state index contributed by atoms with van der Waals surface area (Å²) in [4.78, 5) is 12.1. The fraction of sp³-hybridized carbons (Fsp3) is 0.0588. The topological polar surface area (TPSA) is 37.9 Å². The zero-order chi connectivity index (χ0) is 15.5. The van der Waals surface area contributed by atoms with Gasteiger partial charge in [-0.25, -0.2) is 13.5 Å². The maximum absolute atomic E-state index is 12.9. The minimum absolute atomic E-state index is 0.165. The fourth-order valence-electron chi connectivity index (χ4n) is 2.36. The van der Waals surface area contributed by atoms with Crippen LogP contribution < -0.4 is 9.88 Å². The van der Waals surface area contributed by atoms with Crippen LogP contribution in [0.4, 0.5) is 10.1 Å². The molecule has 0 spiro atoms. The third kappa shape index (κ3) is 2.74. The van der Waals surface area contributed by atoms with Gasteiger partial charge in [0.25, 0.3) is 5.91 Å². The number of anilines is 1. The van der Waals surface area contributed by atoms with Gasteiger partial charge in [0.1, 0.15) is 5.82 Å². The highest BCUT2D eigenvalue weighted by Gasteiger charge is 2.16. The van der Waals surface area contributed by atoms with E-state index >= 15 is 0 Å². The minimum atomic E-state index is -0.332. The minimum Gasteiger partial charge on any atom is -0.323 e. The highest BCUT2D eigenvalue weighted by Crippen LogP contribution is 2.11. The Kier molecular flexibility index (Phi) is 3.70. The summed E-state index contributed by atoms with van der Waals surface area (Å²) in [7, 11) is 0. The Morgan fingerprint density at radius 2 is 1.95 bits per heavy atom. The molecule has 0 aliphatic rings. The Labute approximate surface area is 127 Å². The molecular formula is C17H15FN3O+. The summed E-state index contributed by atoms with van der Waals surface area (Å²) in [5, 5.41) is 2.75. The Morgan fingerprint density at radius 3 is 2.68 bits per heavy atom. The molecule has 5 heteroatoms. The maximum atomic E-state index is 12.9. The number of benzene rings is 2. The van der Waals surface area contributed by atoms with Gasteiger partial charge in [0.05, 0.1) is 6.20 Å². The fourth-order valence-corrected chi connectivity index (χ4v) is 2.36. The number of rotatable bonds is 4. The number of fused-ring (bicyclic) bond motifs is 1. The molecule has 3 rings (SSSR count). The van der Waals surface area contributed by atoms with Gasteiger partial charge in [-0.2, -0.15) is 0 Å². The summed E-state index contributed by atoms with van der Waals surface area (Å²) in [6.07, 6.45) is 3.51. The van der Waals surface area contributed by atoms with Crippen molar-refractivity contribution in [2.24, 2.45) is 0 Å². The molecule has 1 aromatic heterocycles. The molecule has 2 aromatic carbocycles. The van der Waals surface area contributed by atoms with E-state index in [4.69, 9.17) is 0 Å². The second kappa shape index (κ2) is 5.81. The number of halogens is 1. The smallest absolute Gasteiger partial charge is 0.266 e. The predicted octanol–water partition coefficient (Wildman–Crippen LogP) is 2.81. The van der Waals surface area contributed by atoms with E-state index in [1.807, 2.05) is 39.7 Å². The van der Waals surface area contributed by atoms with Gasteiger partial charge in [0, 0.05) is 5.69 Å². The number of hydrogen-bond acceptors (Lipinski definition) is 1. The van der Waals surface area contributed by atoms with E-state index in [0.717, 1.165) is 11.0 Å². The quantitative estimate of drug-likeness (QED) is 0.739. The molecule has 4 nitrogen and oxygen atoms in total. The zero-order valence-corrected chi connectivity index (χ0v) is 11.9. The molecule has 3 aromatic rings. The number of amides is 1. The van der Waals surface area contributed by atoms with Crippen molar-refractivity contribution in [3.63, 3.8) is 0 Å². The van der Waals surface area contributed by atoms with E-state index in [1.165, 1.54) is 24.3 Å². The van der Waals surface area contributed by atoms with E-state index < -0.39 is 0 Å². The lowest BCUT2D eigenvalue weighted by molar-refractivity contribution is -0.658. The van der Waals surface area contributed by atoms with Crippen LogP contribution in [0.25, 0.3) is 17.2 Å². The van der Waals surface area contributed by atoms with Crippen LogP contribution in [0.5, 0.6) is 0 Å². The van der Waals surface area contributed by atoms with Crippen molar-refractivity contribution >= 4 is 28.8 Å². The van der Waals surface area contributed by atoms with Crippen LogP contribution in [0.1, 0.15) is 0 Å². The zero-order valence-electron chi connectivity index (χ0n) is 11.9. The second-order valence-corrected chi connectivity index (χ2v) is 4.88. The molecule has 0 bridgehead atoms. The molecule has 0 aliphatic heterocycles. The summed E-state index contributed by atoms with van der Waals surface area (Å²) in [6, 6.07) is 13.5. The highest BCUT2D eigenvalue weighted by atomic mass is 19.1. The molecule has 0 radical (unpaired) electrons. The number of carbonyl (C=O) groups is 1. The highest BCUT2D eigenvalue weighted by molar-refractivity contribution is 5.90. The number of nitrogens with zero attached hydrogens (tertiary/aromatic N) is 2. The normalized spacial score (nSPS) is 10.6. The average Bonchev–Trinajstić information content (AvgIpc) is 2.88. The maximum Gasteiger partial charge on any atom is 0.266 e. The molecule has 0 atom stereocenters. The lowest BCUT2D eigenvalue weighted by Crippen LogP contribution is -2.39. The summed E-state index contributed by atoms with van der Waals surface area (Å²) < 4.78 is 16.6. The van der Waals surface area contributed by atoms with Crippen LogP contribution >= 0.6 is 0 Å². The molecule has 0 fully saturated rings. The molecule has 0 unspecified atom stereocenters. The van der Waals surface area contributed by atoms with Crippen molar-refractivity contribution in [1.82, 2.24) is 4.57 Å². The molecular weight excluding hydrogens is 281 g/mol. The SMILES string of the molecule is C=Cn1c[n+](CC(=O)Nc2ccc(F)cc2)c2ccccc21. The van der Waals surface area contributed by atoms with Crippen molar-refractivity contribution < 1.29 is 13.8 Å². The molecule has 0 saturated heterocycles. The Morgan fingerprint density at radius 1 is 1.23 bits per heavy atom. The van der Waals surface area contributed by atoms with Crippen LogP contribution in [-0.4, -0.2) is 10.5 Å². The summed E-state index contributed by atoms with van der Waals surface area (Å²) >= 11 is 0. The first kappa shape index (κ1) is 14.0. The van der Waals surface area contributed by atoms with Gasteiger partial charge in [-0.1, -0.05) is 18.7 Å². The van der Waals surface area contributed by atoms with Gasteiger partial charge in [-0.3, -0.25) is 4.79 Å². The number of hydrogen-bond donors (Lipinski definition) is 1. The van der Waals surface area contributed by atoms with Crippen LogP contribution in [0.3, 0.4) is 0 Å². The van der Waals surface area contributed by atoms with Gasteiger partial charge in [-0.05, 0) is 36.4 Å². The first-order chi connectivity index (χ1) is 10.7. The Bertz CT molecular complexity index is 837. The van der Waals surface area contributed by atoms with Crippen molar-refractivity contribution in [2.45, 2.75) is 6.54 Å². The van der Waals surface area contributed by atoms with Gasteiger partial charge in [0.15, 0.2) is 17.6 Å². The van der Waals surface area contributed by atoms with Crippen LogP contribution in [0.15, 0.2) is 61.4 Å². The number of para-hydroxylation sites is 2. The van der Waals surface area contributed by atoms with E-state index in [9.17, 15) is 9.18 Å². The Balaban J connectivity index is 1.82. The van der Waals surface area contributed by atoms with E-state index in [-0.39, 0.29) is 18.3 Å². The lowest BCUT2D eigenvalue weighted by Gasteiger charge is -2.03. The van der Waals surface area contributed by atoms with Crippen molar-refractivity contribution in [3.05, 3.63) is 67.3 Å². The van der Waals surface area contributed by atoms with Gasteiger partial charge < -0.3 is 5.32 Å². The van der Waals surface area contributed by atoms with E-state index in [0.29, 0.717) is 5.69 Å². The summed E-state index contributed by atoms with van der Waals surface area (Å²) in [6.45, 7) is 3.93. The Hall–Kier alpha value is -2.95. The molecule has 110 valence electrons. The number of nitrogens with one attached hydrogen (secondary N) is 1.